The smallest absolute Gasteiger partial charge is 0.320 e. The van der Waals surface area contributed by atoms with E-state index in [1.165, 1.54) is 0 Å². The summed E-state index contributed by atoms with van der Waals surface area (Å²) in [5, 5.41) is 11.8. The lowest BCUT2D eigenvalue weighted by Gasteiger charge is -2.20. The van der Waals surface area contributed by atoms with Gasteiger partial charge in [-0.15, -0.1) is 0 Å². The van der Waals surface area contributed by atoms with Gasteiger partial charge in [0.1, 0.15) is 6.04 Å². The molecule has 4 nitrogen and oxygen atoms in total. The maximum Gasteiger partial charge on any atom is 0.320 e. The molecule has 2 atom stereocenters. The number of carboxylic acid groups (broad SMARTS) is 1. The van der Waals surface area contributed by atoms with Crippen molar-refractivity contribution in [1.82, 2.24) is 5.32 Å². The van der Waals surface area contributed by atoms with Crippen molar-refractivity contribution in [1.29, 1.82) is 0 Å². The minimum absolute atomic E-state index is 0.131. The molecule has 0 aromatic carbocycles. The molecule has 0 aliphatic rings. The van der Waals surface area contributed by atoms with Crippen molar-refractivity contribution < 1.29 is 14.6 Å². The van der Waals surface area contributed by atoms with Crippen LogP contribution in [0.15, 0.2) is 0 Å². The Labute approximate surface area is 79.3 Å². The van der Waals surface area contributed by atoms with E-state index in [1.54, 1.807) is 7.11 Å². The summed E-state index contributed by atoms with van der Waals surface area (Å²) < 4.78 is 4.96. The molecular weight excluding hydrogens is 170 g/mol. The maximum atomic E-state index is 10.7. The summed E-state index contributed by atoms with van der Waals surface area (Å²) in [6.07, 6.45) is 1.47. The first-order valence-electron chi connectivity index (χ1n) is 4.63. The molecule has 4 heteroatoms. The zero-order valence-corrected chi connectivity index (χ0v) is 8.54. The molecule has 0 saturated heterocycles. The third-order valence-electron chi connectivity index (χ3n) is 2.00. The molecule has 0 amide bonds. The van der Waals surface area contributed by atoms with Gasteiger partial charge in [0.05, 0.1) is 6.61 Å². The van der Waals surface area contributed by atoms with Crippen molar-refractivity contribution in [3.8, 4) is 0 Å². The molecule has 0 fully saturated rings. The number of ether oxygens (including phenoxy) is 1. The van der Waals surface area contributed by atoms with Crippen molar-refractivity contribution in [3.05, 3.63) is 0 Å². The van der Waals surface area contributed by atoms with Gasteiger partial charge < -0.3 is 9.84 Å². The van der Waals surface area contributed by atoms with Gasteiger partial charge in [-0.2, -0.15) is 0 Å². The Bertz CT molecular complexity index is 150. The van der Waals surface area contributed by atoms with E-state index in [0.717, 1.165) is 6.42 Å². The van der Waals surface area contributed by atoms with E-state index in [-0.39, 0.29) is 6.04 Å². The second kappa shape index (κ2) is 6.86. The van der Waals surface area contributed by atoms with Crippen LogP contribution in [0.4, 0.5) is 0 Å². The topological polar surface area (TPSA) is 58.6 Å². The summed E-state index contributed by atoms with van der Waals surface area (Å²) in [5.74, 6) is -0.794. The lowest BCUT2D eigenvalue weighted by Crippen LogP contribution is -2.44. The average molecular weight is 189 g/mol. The summed E-state index contributed by atoms with van der Waals surface area (Å²) in [6, 6.07) is -0.328. The molecule has 0 radical (unpaired) electrons. The lowest BCUT2D eigenvalue weighted by atomic mass is 10.1. The summed E-state index contributed by atoms with van der Waals surface area (Å²) in [5.41, 5.74) is 0. The van der Waals surface area contributed by atoms with Crippen molar-refractivity contribution in [3.63, 3.8) is 0 Å². The van der Waals surface area contributed by atoms with Crippen LogP contribution in [0.2, 0.25) is 0 Å². The van der Waals surface area contributed by atoms with Crippen LogP contribution in [-0.2, 0) is 9.53 Å². The molecule has 13 heavy (non-hydrogen) atoms. The van der Waals surface area contributed by atoms with Crippen molar-refractivity contribution in [2.75, 3.05) is 13.7 Å². The standard InChI is InChI=1S/C9H19NO3/c1-4-7(6-13-3)10-8(5-2)9(11)12/h7-8,10H,4-6H2,1-3H3,(H,11,12). The van der Waals surface area contributed by atoms with Crippen molar-refractivity contribution in [2.24, 2.45) is 0 Å². The average Bonchev–Trinajstić information content (AvgIpc) is 2.11. The molecule has 78 valence electrons. The number of carboxylic acids is 1. The van der Waals surface area contributed by atoms with Crippen LogP contribution in [0, 0.1) is 0 Å². The number of methoxy groups -OCH3 is 1. The molecule has 0 aromatic heterocycles. The Hall–Kier alpha value is -0.610. The number of aliphatic carboxylic acids is 1. The van der Waals surface area contributed by atoms with Gasteiger partial charge in [0.2, 0.25) is 0 Å². The molecular formula is C9H19NO3. The molecule has 0 aliphatic carbocycles. The highest BCUT2D eigenvalue weighted by atomic mass is 16.5. The molecule has 0 bridgehead atoms. The highest BCUT2D eigenvalue weighted by Crippen LogP contribution is 1.98. The summed E-state index contributed by atoms with van der Waals surface area (Å²) in [7, 11) is 1.62. The minimum Gasteiger partial charge on any atom is -0.480 e. The highest BCUT2D eigenvalue weighted by Gasteiger charge is 2.18. The first-order valence-corrected chi connectivity index (χ1v) is 4.63. The SMILES string of the molecule is CCC(COC)NC(CC)C(=O)O. The summed E-state index contributed by atoms with van der Waals surface area (Å²) in [6.45, 7) is 4.41. The predicted octanol–water partition coefficient (Wildman–Crippen LogP) is 0.864. The number of nitrogens with one attached hydrogen (secondary N) is 1. The number of carbonyl (C=O) groups is 1. The third-order valence-corrected chi connectivity index (χ3v) is 2.00. The van der Waals surface area contributed by atoms with Gasteiger partial charge in [-0.25, -0.2) is 0 Å². The van der Waals surface area contributed by atoms with Crippen LogP contribution in [-0.4, -0.2) is 36.9 Å². The Morgan fingerprint density at radius 2 is 2.08 bits per heavy atom. The van der Waals surface area contributed by atoms with E-state index in [1.807, 2.05) is 13.8 Å². The molecule has 0 spiro atoms. The second-order valence-corrected chi connectivity index (χ2v) is 3.03. The molecule has 2 N–H and O–H groups in total. The summed E-state index contributed by atoms with van der Waals surface area (Å²) in [4.78, 5) is 10.7. The van der Waals surface area contributed by atoms with Crippen molar-refractivity contribution >= 4 is 5.97 Å². The van der Waals surface area contributed by atoms with Crippen LogP contribution in [0.1, 0.15) is 26.7 Å². The quantitative estimate of drug-likeness (QED) is 0.623. The first-order chi connectivity index (χ1) is 6.15. The molecule has 2 unspecified atom stereocenters. The Morgan fingerprint density at radius 3 is 2.38 bits per heavy atom. The monoisotopic (exact) mass is 189 g/mol. The van der Waals surface area contributed by atoms with Crippen LogP contribution in [0.25, 0.3) is 0 Å². The molecule has 0 saturated carbocycles. The Morgan fingerprint density at radius 1 is 1.46 bits per heavy atom. The lowest BCUT2D eigenvalue weighted by molar-refractivity contribution is -0.139. The van der Waals surface area contributed by atoms with Crippen LogP contribution >= 0.6 is 0 Å². The molecule has 0 rings (SSSR count). The first kappa shape index (κ1) is 12.4. The Balaban J connectivity index is 3.95. The number of rotatable bonds is 7. The molecule has 0 heterocycles. The van der Waals surface area contributed by atoms with E-state index in [2.05, 4.69) is 5.32 Å². The van der Waals surface area contributed by atoms with Crippen LogP contribution in [0.5, 0.6) is 0 Å². The zero-order valence-electron chi connectivity index (χ0n) is 8.54. The van der Waals surface area contributed by atoms with Crippen LogP contribution < -0.4 is 5.32 Å². The van der Waals surface area contributed by atoms with E-state index >= 15 is 0 Å². The van der Waals surface area contributed by atoms with E-state index in [9.17, 15) is 4.79 Å². The number of hydrogen-bond donors (Lipinski definition) is 2. The zero-order chi connectivity index (χ0) is 10.3. The fourth-order valence-corrected chi connectivity index (χ4v) is 1.13. The van der Waals surface area contributed by atoms with E-state index in [0.29, 0.717) is 13.0 Å². The molecule has 0 aliphatic heterocycles. The Kier molecular flexibility index (Phi) is 6.54. The predicted molar refractivity (Wildman–Crippen MR) is 50.8 cm³/mol. The van der Waals surface area contributed by atoms with E-state index < -0.39 is 12.0 Å². The van der Waals surface area contributed by atoms with Gasteiger partial charge >= 0.3 is 5.97 Å². The van der Waals surface area contributed by atoms with Crippen molar-refractivity contribution in [2.45, 2.75) is 38.8 Å². The minimum atomic E-state index is -0.794. The fourth-order valence-electron chi connectivity index (χ4n) is 1.13. The van der Waals surface area contributed by atoms with Gasteiger partial charge in [-0.3, -0.25) is 10.1 Å². The van der Waals surface area contributed by atoms with Crippen LogP contribution in [0.3, 0.4) is 0 Å². The van der Waals surface area contributed by atoms with Gasteiger partial charge in [-0.05, 0) is 12.8 Å². The third kappa shape index (κ3) is 4.85. The van der Waals surface area contributed by atoms with E-state index in [4.69, 9.17) is 9.84 Å². The van der Waals surface area contributed by atoms with Gasteiger partial charge in [0.25, 0.3) is 0 Å². The summed E-state index contributed by atoms with van der Waals surface area (Å²) >= 11 is 0. The van der Waals surface area contributed by atoms with Gasteiger partial charge in [-0.1, -0.05) is 13.8 Å². The molecule has 0 aromatic rings. The highest BCUT2D eigenvalue weighted by molar-refractivity contribution is 5.73. The van der Waals surface area contributed by atoms with Gasteiger partial charge in [0, 0.05) is 13.2 Å². The maximum absolute atomic E-state index is 10.7. The van der Waals surface area contributed by atoms with Gasteiger partial charge in [0.15, 0.2) is 0 Å². The number of hydrogen-bond acceptors (Lipinski definition) is 3. The second-order valence-electron chi connectivity index (χ2n) is 3.03. The normalized spacial score (nSPS) is 15.3. The largest absolute Gasteiger partial charge is 0.480 e. The fraction of sp³-hybridized carbons (Fsp3) is 0.889.